The molecule has 1 N–H and O–H groups in total. The lowest BCUT2D eigenvalue weighted by molar-refractivity contribution is 0.0516. The minimum Gasteiger partial charge on any atom is -0.461 e. The van der Waals surface area contributed by atoms with E-state index in [0.717, 1.165) is 5.56 Å². The van der Waals surface area contributed by atoms with Crippen molar-refractivity contribution >= 4 is 18.1 Å². The van der Waals surface area contributed by atoms with E-state index in [1.54, 1.807) is 14.0 Å². The molecule has 1 aromatic heterocycles. The van der Waals surface area contributed by atoms with E-state index in [2.05, 4.69) is 10.3 Å². The van der Waals surface area contributed by atoms with Gasteiger partial charge in [0.2, 0.25) is 0 Å². The molecule has 0 spiro atoms. The van der Waals surface area contributed by atoms with Crippen LogP contribution in [0.2, 0.25) is 0 Å². The Balaban J connectivity index is 1.62. The number of piperidine rings is 1. The van der Waals surface area contributed by atoms with Crippen molar-refractivity contribution in [2.45, 2.75) is 51.9 Å². The summed E-state index contributed by atoms with van der Waals surface area (Å²) in [7, 11) is 1.59. The molecule has 1 saturated heterocycles. The summed E-state index contributed by atoms with van der Waals surface area (Å²) in [6.07, 6.45) is -0.182. The molecule has 1 aliphatic rings. The van der Waals surface area contributed by atoms with Crippen LogP contribution >= 0.6 is 0 Å². The highest BCUT2D eigenvalue weighted by atomic mass is 16.5. The van der Waals surface area contributed by atoms with Crippen LogP contribution in [0.15, 0.2) is 34.7 Å². The van der Waals surface area contributed by atoms with Crippen LogP contribution in [0, 0.1) is 0 Å². The first-order chi connectivity index (χ1) is 15.4. The van der Waals surface area contributed by atoms with Crippen LogP contribution in [-0.2, 0) is 20.8 Å². The second-order valence-electron chi connectivity index (χ2n) is 7.91. The second kappa shape index (κ2) is 11.0. The lowest BCUT2D eigenvalue weighted by Crippen LogP contribution is -2.55. The molecule has 0 radical (unpaired) electrons. The van der Waals surface area contributed by atoms with Crippen LogP contribution in [-0.4, -0.2) is 56.0 Å². The molecule has 9 heteroatoms. The lowest BCUT2D eigenvalue weighted by atomic mass is 10.0. The molecule has 2 aromatic rings. The topological polar surface area (TPSA) is 103 Å². The number of amides is 1. The number of hydrogen-bond acceptors (Lipinski definition) is 8. The molecule has 3 rings (SSSR count). The Morgan fingerprint density at radius 2 is 2.00 bits per heavy atom. The molecule has 0 saturated carbocycles. The summed E-state index contributed by atoms with van der Waals surface area (Å²) in [6.45, 7) is 7.10. The molecule has 1 fully saturated rings. The highest BCUT2D eigenvalue weighted by molar-refractivity contribution is 5.89. The van der Waals surface area contributed by atoms with Gasteiger partial charge in [-0.3, -0.25) is 0 Å². The number of oxazole rings is 1. The zero-order valence-electron chi connectivity index (χ0n) is 19.0. The average Bonchev–Trinajstić information content (AvgIpc) is 3.25. The van der Waals surface area contributed by atoms with Crippen molar-refractivity contribution in [3.8, 4) is 0 Å². The maximum atomic E-state index is 12.3. The largest absolute Gasteiger partial charge is 0.461 e. The second-order valence-corrected chi connectivity index (χ2v) is 7.91. The highest BCUT2D eigenvalue weighted by Crippen LogP contribution is 2.28. The number of ether oxygens (including phenoxy) is 3. The number of esters is 1. The fourth-order valence-corrected chi connectivity index (χ4v) is 3.60. The van der Waals surface area contributed by atoms with Crippen molar-refractivity contribution in [2.75, 3.05) is 31.7 Å². The van der Waals surface area contributed by atoms with Crippen LogP contribution in [0.4, 0.5) is 10.8 Å². The Kier molecular flexibility index (Phi) is 8.10. The van der Waals surface area contributed by atoms with Gasteiger partial charge < -0.3 is 28.8 Å². The molecular weight excluding hydrogens is 414 g/mol. The Labute approximate surface area is 188 Å². The predicted molar refractivity (Wildman–Crippen MR) is 118 cm³/mol. The van der Waals surface area contributed by atoms with Gasteiger partial charge in [-0.25, -0.2) is 9.59 Å². The number of aromatic nitrogens is 1. The van der Waals surface area contributed by atoms with Gasteiger partial charge in [-0.15, -0.1) is 0 Å². The van der Waals surface area contributed by atoms with Crippen molar-refractivity contribution in [3.05, 3.63) is 47.3 Å². The quantitative estimate of drug-likeness (QED) is 0.616. The van der Waals surface area contributed by atoms with Gasteiger partial charge in [-0.1, -0.05) is 44.2 Å². The van der Waals surface area contributed by atoms with Gasteiger partial charge in [0.05, 0.1) is 25.3 Å². The van der Waals surface area contributed by atoms with E-state index in [1.807, 2.05) is 49.1 Å². The molecule has 1 aromatic carbocycles. The monoisotopic (exact) mass is 445 g/mol. The summed E-state index contributed by atoms with van der Waals surface area (Å²) in [5.74, 6) is -0.0168. The first-order valence-corrected chi connectivity index (χ1v) is 10.9. The van der Waals surface area contributed by atoms with Crippen LogP contribution < -0.4 is 10.2 Å². The van der Waals surface area contributed by atoms with E-state index >= 15 is 0 Å². The molecule has 9 nitrogen and oxygen atoms in total. The molecule has 32 heavy (non-hydrogen) atoms. The van der Waals surface area contributed by atoms with Crippen molar-refractivity contribution in [2.24, 2.45) is 0 Å². The highest BCUT2D eigenvalue weighted by Gasteiger charge is 2.34. The van der Waals surface area contributed by atoms with Gasteiger partial charge in [0.15, 0.2) is 5.69 Å². The first-order valence-electron chi connectivity index (χ1n) is 10.9. The molecule has 2 heterocycles. The van der Waals surface area contributed by atoms with E-state index in [1.165, 1.54) is 0 Å². The number of anilines is 1. The van der Waals surface area contributed by atoms with Crippen LogP contribution in [0.3, 0.4) is 0 Å². The maximum absolute atomic E-state index is 12.3. The number of nitrogens with zero attached hydrogens (tertiary/aromatic N) is 2. The normalized spacial score (nSPS) is 18.5. The van der Waals surface area contributed by atoms with Gasteiger partial charge in [0, 0.05) is 19.6 Å². The van der Waals surface area contributed by atoms with Gasteiger partial charge >= 0.3 is 12.1 Å². The van der Waals surface area contributed by atoms with Crippen LogP contribution in [0.1, 0.15) is 54.9 Å². The Morgan fingerprint density at radius 3 is 2.66 bits per heavy atom. The summed E-state index contributed by atoms with van der Waals surface area (Å²) in [4.78, 5) is 30.9. The van der Waals surface area contributed by atoms with Crippen molar-refractivity contribution in [1.82, 2.24) is 10.3 Å². The van der Waals surface area contributed by atoms with E-state index in [-0.39, 0.29) is 37.0 Å². The standard InChI is InChI=1S/C23H31N3O6/c1-5-30-21(27)19-20(15(2)3)32-22(25-19)26-12-11-17(18(13-26)29-4)24-23(28)31-14-16-9-7-6-8-10-16/h6-10,15,17-18H,5,11-14H2,1-4H3,(H,24,28). The Bertz CT molecular complexity index is 898. The minimum absolute atomic E-state index is 0.0209. The molecule has 2 unspecified atom stereocenters. The third-order valence-corrected chi connectivity index (χ3v) is 5.28. The summed E-state index contributed by atoms with van der Waals surface area (Å²) < 4.78 is 22.0. The number of carbonyl (C=O) groups is 2. The first kappa shape index (κ1) is 23.6. The smallest absolute Gasteiger partial charge is 0.407 e. The number of rotatable bonds is 8. The molecule has 174 valence electrons. The number of carbonyl (C=O) groups excluding carboxylic acids is 2. The fraction of sp³-hybridized carbons (Fsp3) is 0.522. The Morgan fingerprint density at radius 1 is 1.25 bits per heavy atom. The Hall–Kier alpha value is -3.07. The third kappa shape index (κ3) is 5.79. The third-order valence-electron chi connectivity index (χ3n) is 5.28. The van der Waals surface area contributed by atoms with Crippen molar-refractivity contribution in [3.63, 3.8) is 0 Å². The van der Waals surface area contributed by atoms with Crippen molar-refractivity contribution in [1.29, 1.82) is 0 Å². The molecule has 1 amide bonds. The minimum atomic E-state index is -0.493. The van der Waals surface area contributed by atoms with Gasteiger partial charge in [0.25, 0.3) is 6.01 Å². The van der Waals surface area contributed by atoms with Crippen LogP contribution in [0.25, 0.3) is 0 Å². The number of alkyl carbamates (subject to hydrolysis) is 1. The van der Waals surface area contributed by atoms with E-state index < -0.39 is 12.1 Å². The van der Waals surface area contributed by atoms with E-state index in [4.69, 9.17) is 18.6 Å². The molecule has 2 atom stereocenters. The van der Waals surface area contributed by atoms with E-state index in [9.17, 15) is 9.59 Å². The summed E-state index contributed by atoms with van der Waals surface area (Å²) in [5, 5.41) is 2.89. The fourth-order valence-electron chi connectivity index (χ4n) is 3.60. The summed E-state index contributed by atoms with van der Waals surface area (Å²) in [5.41, 5.74) is 1.12. The van der Waals surface area contributed by atoms with Gasteiger partial charge in [-0.05, 0) is 18.9 Å². The average molecular weight is 446 g/mol. The lowest BCUT2D eigenvalue weighted by Gasteiger charge is -2.37. The predicted octanol–water partition coefficient (Wildman–Crippen LogP) is 3.49. The number of nitrogens with one attached hydrogen (secondary N) is 1. The maximum Gasteiger partial charge on any atom is 0.407 e. The van der Waals surface area contributed by atoms with Gasteiger partial charge in [0.1, 0.15) is 12.4 Å². The molecular formula is C23H31N3O6. The van der Waals surface area contributed by atoms with E-state index in [0.29, 0.717) is 31.3 Å². The number of methoxy groups -OCH3 is 1. The van der Waals surface area contributed by atoms with Crippen molar-refractivity contribution < 1.29 is 28.2 Å². The van der Waals surface area contributed by atoms with Crippen LogP contribution in [0.5, 0.6) is 0 Å². The number of hydrogen-bond donors (Lipinski definition) is 1. The SMILES string of the molecule is CCOC(=O)c1nc(N2CCC(NC(=O)OCc3ccccc3)C(OC)C2)oc1C(C)C. The molecule has 1 aliphatic heterocycles. The van der Waals surface area contributed by atoms with Gasteiger partial charge in [-0.2, -0.15) is 4.98 Å². The number of benzene rings is 1. The summed E-state index contributed by atoms with van der Waals surface area (Å²) >= 11 is 0. The zero-order valence-corrected chi connectivity index (χ0v) is 19.0. The summed E-state index contributed by atoms with van der Waals surface area (Å²) in [6, 6.07) is 9.63. The molecule has 0 bridgehead atoms. The molecule has 0 aliphatic carbocycles. The zero-order chi connectivity index (χ0) is 23.1.